The number of carbonyl (C=O) groups excluding carboxylic acids is 1. The number of para-hydroxylation sites is 1. The maximum atomic E-state index is 13.0. The van der Waals surface area contributed by atoms with Crippen molar-refractivity contribution in [3.05, 3.63) is 29.8 Å². The molecule has 1 heterocycles. The fraction of sp³-hybridized carbons (Fsp3) is 0.579. The summed E-state index contributed by atoms with van der Waals surface area (Å²) in [4.78, 5) is 28.1. The first-order valence-electron chi connectivity index (χ1n) is 9.27. The first-order chi connectivity index (χ1) is 12.6. The summed E-state index contributed by atoms with van der Waals surface area (Å²) in [6, 6.07) is 7.20. The third-order valence-electron chi connectivity index (χ3n) is 5.13. The molecule has 142 valence electrons. The van der Waals surface area contributed by atoms with Crippen molar-refractivity contribution in [1.82, 2.24) is 9.80 Å². The van der Waals surface area contributed by atoms with E-state index in [1.165, 1.54) is 12.8 Å². The SMILES string of the molecule is O=C(O)CNc1ccccc1C(=O)N1CCN(CC2CC2)[C@H](CCO)C1. The second-order valence-electron chi connectivity index (χ2n) is 7.15. The van der Waals surface area contributed by atoms with Crippen LogP contribution in [-0.4, -0.2) is 77.3 Å². The molecule has 1 atom stereocenters. The minimum atomic E-state index is -0.969. The van der Waals surface area contributed by atoms with Crippen molar-refractivity contribution >= 4 is 17.6 Å². The molecule has 1 aliphatic heterocycles. The zero-order valence-corrected chi connectivity index (χ0v) is 14.9. The van der Waals surface area contributed by atoms with Gasteiger partial charge in [0.1, 0.15) is 6.54 Å². The van der Waals surface area contributed by atoms with Crippen molar-refractivity contribution in [3.8, 4) is 0 Å². The van der Waals surface area contributed by atoms with E-state index in [0.717, 1.165) is 19.0 Å². The van der Waals surface area contributed by atoms with Gasteiger partial charge in [0.05, 0.1) is 5.56 Å². The molecule has 3 N–H and O–H groups in total. The van der Waals surface area contributed by atoms with Crippen LogP contribution in [0.25, 0.3) is 0 Å². The molecular weight excluding hydrogens is 334 g/mol. The number of aliphatic hydroxyl groups excluding tert-OH is 1. The summed E-state index contributed by atoms with van der Waals surface area (Å²) in [5.74, 6) is -0.282. The molecule has 0 radical (unpaired) electrons. The second-order valence-corrected chi connectivity index (χ2v) is 7.15. The molecular formula is C19H27N3O4. The highest BCUT2D eigenvalue weighted by Crippen LogP contribution is 2.31. The Labute approximate surface area is 153 Å². The molecule has 7 heteroatoms. The number of aliphatic hydroxyl groups is 1. The number of aliphatic carboxylic acids is 1. The Morgan fingerprint density at radius 3 is 2.65 bits per heavy atom. The van der Waals surface area contributed by atoms with E-state index in [1.807, 2.05) is 4.90 Å². The molecule has 0 unspecified atom stereocenters. The maximum Gasteiger partial charge on any atom is 0.322 e. The van der Waals surface area contributed by atoms with Crippen LogP contribution in [0.4, 0.5) is 5.69 Å². The van der Waals surface area contributed by atoms with E-state index in [2.05, 4.69) is 10.2 Å². The predicted octanol–water partition coefficient (Wildman–Crippen LogP) is 1.10. The minimum Gasteiger partial charge on any atom is -0.480 e. The maximum absolute atomic E-state index is 13.0. The van der Waals surface area contributed by atoms with Crippen molar-refractivity contribution in [1.29, 1.82) is 0 Å². The van der Waals surface area contributed by atoms with Crippen LogP contribution >= 0.6 is 0 Å². The number of piperazine rings is 1. The molecule has 1 aromatic carbocycles. The van der Waals surface area contributed by atoms with Gasteiger partial charge in [-0.05, 0) is 37.3 Å². The lowest BCUT2D eigenvalue weighted by Crippen LogP contribution is -2.55. The highest BCUT2D eigenvalue weighted by Gasteiger charge is 2.33. The summed E-state index contributed by atoms with van der Waals surface area (Å²) in [5, 5.41) is 21.1. The summed E-state index contributed by atoms with van der Waals surface area (Å²) in [6.07, 6.45) is 3.23. The summed E-state index contributed by atoms with van der Waals surface area (Å²) >= 11 is 0. The van der Waals surface area contributed by atoms with Crippen molar-refractivity contribution in [2.45, 2.75) is 25.3 Å². The minimum absolute atomic E-state index is 0.0903. The largest absolute Gasteiger partial charge is 0.480 e. The zero-order chi connectivity index (χ0) is 18.5. The third-order valence-corrected chi connectivity index (χ3v) is 5.13. The zero-order valence-electron chi connectivity index (χ0n) is 14.9. The van der Waals surface area contributed by atoms with Crippen LogP contribution in [0.2, 0.25) is 0 Å². The van der Waals surface area contributed by atoms with Crippen molar-refractivity contribution in [2.24, 2.45) is 5.92 Å². The lowest BCUT2D eigenvalue weighted by molar-refractivity contribution is -0.134. The molecule has 1 saturated heterocycles. The molecule has 2 aliphatic rings. The van der Waals surface area contributed by atoms with E-state index in [1.54, 1.807) is 24.3 Å². The Morgan fingerprint density at radius 1 is 1.19 bits per heavy atom. The van der Waals surface area contributed by atoms with Gasteiger partial charge in [-0.25, -0.2) is 0 Å². The smallest absolute Gasteiger partial charge is 0.322 e. The molecule has 1 aliphatic carbocycles. The van der Waals surface area contributed by atoms with Crippen molar-refractivity contribution in [3.63, 3.8) is 0 Å². The van der Waals surface area contributed by atoms with Gasteiger partial charge in [0.2, 0.25) is 0 Å². The number of carboxylic acid groups (broad SMARTS) is 1. The number of rotatable bonds is 8. The van der Waals surface area contributed by atoms with Crippen LogP contribution in [-0.2, 0) is 4.79 Å². The topological polar surface area (TPSA) is 93.1 Å². The number of nitrogens with zero attached hydrogens (tertiary/aromatic N) is 2. The van der Waals surface area contributed by atoms with Crippen molar-refractivity contribution in [2.75, 3.05) is 44.6 Å². The first-order valence-corrected chi connectivity index (χ1v) is 9.27. The molecule has 3 rings (SSSR count). The Bertz CT molecular complexity index is 647. The van der Waals surface area contributed by atoms with Gasteiger partial charge in [0.25, 0.3) is 5.91 Å². The average Bonchev–Trinajstić information content (AvgIpc) is 3.45. The van der Waals surface area contributed by atoms with Gasteiger partial charge >= 0.3 is 5.97 Å². The second kappa shape index (κ2) is 8.51. The highest BCUT2D eigenvalue weighted by molar-refractivity contribution is 6.00. The van der Waals surface area contributed by atoms with Gasteiger partial charge in [0.15, 0.2) is 0 Å². The number of benzene rings is 1. The number of carboxylic acids is 1. The van der Waals surface area contributed by atoms with Crippen LogP contribution in [0.5, 0.6) is 0 Å². The third kappa shape index (κ3) is 4.74. The molecule has 0 aromatic heterocycles. The quantitative estimate of drug-likeness (QED) is 0.642. The van der Waals surface area contributed by atoms with Gasteiger partial charge < -0.3 is 20.4 Å². The fourth-order valence-electron chi connectivity index (χ4n) is 3.54. The Kier molecular flexibility index (Phi) is 6.11. The van der Waals surface area contributed by atoms with Gasteiger partial charge in [-0.3, -0.25) is 14.5 Å². The fourth-order valence-corrected chi connectivity index (χ4v) is 3.54. The van der Waals surface area contributed by atoms with Crippen molar-refractivity contribution < 1.29 is 19.8 Å². The number of amides is 1. The van der Waals surface area contributed by atoms with Crippen LogP contribution in [0.15, 0.2) is 24.3 Å². The summed E-state index contributed by atoms with van der Waals surface area (Å²) < 4.78 is 0. The molecule has 7 nitrogen and oxygen atoms in total. The summed E-state index contributed by atoms with van der Waals surface area (Å²) in [7, 11) is 0. The Morgan fingerprint density at radius 2 is 1.96 bits per heavy atom. The first kappa shape index (κ1) is 18.7. The average molecular weight is 361 g/mol. The van der Waals surface area contributed by atoms with Crippen LogP contribution < -0.4 is 5.32 Å². The van der Waals surface area contributed by atoms with Crippen LogP contribution in [0.1, 0.15) is 29.6 Å². The molecule has 1 aromatic rings. The number of nitrogens with one attached hydrogen (secondary N) is 1. The van der Waals surface area contributed by atoms with E-state index < -0.39 is 5.97 Å². The lowest BCUT2D eigenvalue weighted by atomic mass is 10.1. The van der Waals surface area contributed by atoms with E-state index in [4.69, 9.17) is 5.11 Å². The van der Waals surface area contributed by atoms with E-state index in [0.29, 0.717) is 30.8 Å². The molecule has 1 saturated carbocycles. The Balaban J connectivity index is 1.68. The highest BCUT2D eigenvalue weighted by atomic mass is 16.4. The number of carbonyl (C=O) groups is 2. The van der Waals surface area contributed by atoms with Gasteiger partial charge in [0, 0.05) is 44.5 Å². The molecule has 26 heavy (non-hydrogen) atoms. The lowest BCUT2D eigenvalue weighted by Gasteiger charge is -2.41. The van der Waals surface area contributed by atoms with E-state index >= 15 is 0 Å². The van der Waals surface area contributed by atoms with Crippen LogP contribution in [0.3, 0.4) is 0 Å². The van der Waals surface area contributed by atoms with Gasteiger partial charge in [-0.1, -0.05) is 12.1 Å². The van der Waals surface area contributed by atoms with Gasteiger partial charge in [-0.2, -0.15) is 0 Å². The Hall–Kier alpha value is -2.12. The molecule has 0 spiro atoms. The number of anilines is 1. The molecule has 0 bridgehead atoms. The standard InChI is InChI=1S/C19H27N3O4/c23-10-7-15-13-22(9-8-21(15)12-14-5-6-14)19(26)16-3-1-2-4-17(16)20-11-18(24)25/h1-4,14-15,20,23H,5-13H2,(H,24,25)/t15-/m1/s1. The van der Waals surface area contributed by atoms with Gasteiger partial charge in [-0.15, -0.1) is 0 Å². The monoisotopic (exact) mass is 361 g/mol. The summed E-state index contributed by atoms with van der Waals surface area (Å²) in [5.41, 5.74) is 1.03. The van der Waals surface area contributed by atoms with Crippen LogP contribution in [0, 0.1) is 5.92 Å². The molecule has 2 fully saturated rings. The van der Waals surface area contributed by atoms with E-state index in [-0.39, 0.29) is 25.1 Å². The predicted molar refractivity (Wildman–Crippen MR) is 98.3 cm³/mol. The molecule has 1 amide bonds. The normalized spacial score (nSPS) is 20.8. The van der Waals surface area contributed by atoms with E-state index in [9.17, 15) is 14.7 Å². The summed E-state index contributed by atoms with van der Waals surface area (Å²) in [6.45, 7) is 3.01. The number of hydrogen-bond acceptors (Lipinski definition) is 5. The number of hydrogen-bond donors (Lipinski definition) is 3.